The van der Waals surface area contributed by atoms with Crippen LogP contribution in [0.4, 0.5) is 0 Å². The van der Waals surface area contributed by atoms with Gasteiger partial charge in [-0.25, -0.2) is 0 Å². The van der Waals surface area contributed by atoms with E-state index in [2.05, 4.69) is 18.4 Å². The molecule has 0 aromatic heterocycles. The van der Waals surface area contributed by atoms with E-state index in [1.54, 1.807) is 7.11 Å². The van der Waals surface area contributed by atoms with Crippen LogP contribution in [0.2, 0.25) is 0 Å². The summed E-state index contributed by atoms with van der Waals surface area (Å²) in [5.41, 5.74) is 3.97. The van der Waals surface area contributed by atoms with E-state index in [1.165, 1.54) is 0 Å². The topological polar surface area (TPSA) is 56.5 Å². The second-order valence-corrected chi connectivity index (χ2v) is 5.05. The van der Waals surface area contributed by atoms with Crippen molar-refractivity contribution in [3.63, 3.8) is 0 Å². The Bertz CT molecular complexity index is 369. The third-order valence-electron chi connectivity index (χ3n) is 3.12. The van der Waals surface area contributed by atoms with Crippen LogP contribution in [-0.2, 0) is 4.74 Å². The van der Waals surface area contributed by atoms with Gasteiger partial charge in [-0.2, -0.15) is 0 Å². The van der Waals surface area contributed by atoms with Crippen molar-refractivity contribution in [1.29, 1.82) is 0 Å². The Balaban J connectivity index is 2.79. The molecular formula is C15H26N2O2. The zero-order valence-electron chi connectivity index (χ0n) is 12.3. The van der Waals surface area contributed by atoms with Gasteiger partial charge in [-0.15, -0.1) is 0 Å². The van der Waals surface area contributed by atoms with Gasteiger partial charge in [0.1, 0.15) is 5.75 Å². The fraction of sp³-hybridized carbons (Fsp3) is 0.600. The van der Waals surface area contributed by atoms with Crippen LogP contribution in [0.5, 0.6) is 5.75 Å². The fourth-order valence-electron chi connectivity index (χ4n) is 1.98. The molecule has 0 aliphatic carbocycles. The summed E-state index contributed by atoms with van der Waals surface area (Å²) >= 11 is 0. The molecule has 0 heterocycles. The molecule has 4 heteroatoms. The first-order chi connectivity index (χ1) is 9.08. The molecule has 108 valence electrons. The van der Waals surface area contributed by atoms with E-state index in [4.69, 9.17) is 15.3 Å². The van der Waals surface area contributed by atoms with E-state index in [-0.39, 0.29) is 18.2 Å². The van der Waals surface area contributed by atoms with Gasteiger partial charge in [0.05, 0.1) is 12.2 Å². The molecule has 1 rings (SSSR count). The summed E-state index contributed by atoms with van der Waals surface area (Å²) in [5.74, 6) is 6.58. The monoisotopic (exact) mass is 266 g/mol. The zero-order chi connectivity index (χ0) is 14.3. The maximum absolute atomic E-state index is 5.83. The summed E-state index contributed by atoms with van der Waals surface area (Å²) < 4.78 is 11.1. The predicted octanol–water partition coefficient (Wildman–Crippen LogP) is 2.79. The lowest BCUT2D eigenvalue weighted by atomic mass is 10.00. The van der Waals surface area contributed by atoms with Gasteiger partial charge < -0.3 is 9.47 Å². The highest BCUT2D eigenvalue weighted by Crippen LogP contribution is 2.28. The molecule has 2 unspecified atom stereocenters. The highest BCUT2D eigenvalue weighted by Gasteiger charge is 2.16. The van der Waals surface area contributed by atoms with E-state index < -0.39 is 0 Å². The Morgan fingerprint density at radius 2 is 1.84 bits per heavy atom. The predicted molar refractivity (Wildman–Crippen MR) is 78.0 cm³/mol. The van der Waals surface area contributed by atoms with Crippen LogP contribution in [0, 0.1) is 0 Å². The third kappa shape index (κ3) is 5.19. The van der Waals surface area contributed by atoms with Gasteiger partial charge >= 0.3 is 0 Å². The molecule has 0 aliphatic heterocycles. The van der Waals surface area contributed by atoms with Crippen molar-refractivity contribution in [3.8, 4) is 5.75 Å². The van der Waals surface area contributed by atoms with Crippen LogP contribution >= 0.6 is 0 Å². The summed E-state index contributed by atoms with van der Waals surface area (Å²) in [4.78, 5) is 0. The Kier molecular flexibility index (Phi) is 6.84. The first-order valence-corrected chi connectivity index (χ1v) is 6.83. The van der Waals surface area contributed by atoms with Gasteiger partial charge in [0.25, 0.3) is 0 Å². The van der Waals surface area contributed by atoms with Crippen molar-refractivity contribution in [2.75, 3.05) is 7.11 Å². The normalized spacial score (nSPS) is 14.4. The van der Waals surface area contributed by atoms with Crippen LogP contribution in [-0.4, -0.2) is 19.3 Å². The van der Waals surface area contributed by atoms with E-state index >= 15 is 0 Å². The minimum absolute atomic E-state index is 0.0764. The van der Waals surface area contributed by atoms with Crippen molar-refractivity contribution in [2.45, 2.75) is 51.9 Å². The molecule has 0 spiro atoms. The summed E-state index contributed by atoms with van der Waals surface area (Å²) in [7, 11) is 1.73. The summed E-state index contributed by atoms with van der Waals surface area (Å²) in [5, 5.41) is 0. The molecule has 1 aromatic rings. The number of ether oxygens (including phenoxy) is 2. The number of nitrogens with two attached hydrogens (primary N) is 1. The zero-order valence-corrected chi connectivity index (χ0v) is 12.3. The lowest BCUT2D eigenvalue weighted by molar-refractivity contribution is 0.106. The lowest BCUT2D eigenvalue weighted by Crippen LogP contribution is -2.29. The van der Waals surface area contributed by atoms with Gasteiger partial charge in [-0.05, 0) is 39.7 Å². The molecule has 1 aromatic carbocycles. The second-order valence-electron chi connectivity index (χ2n) is 5.05. The molecule has 3 N–H and O–H groups in total. The second kappa shape index (κ2) is 8.15. The van der Waals surface area contributed by atoms with Gasteiger partial charge in [-0.3, -0.25) is 11.3 Å². The van der Waals surface area contributed by atoms with Crippen molar-refractivity contribution in [3.05, 3.63) is 29.8 Å². The minimum atomic E-state index is 0.0764. The third-order valence-corrected chi connectivity index (χ3v) is 3.12. The van der Waals surface area contributed by atoms with Gasteiger partial charge in [-0.1, -0.05) is 18.2 Å². The number of hydrogen-bond donors (Lipinski definition) is 2. The molecule has 0 fully saturated rings. The molecule has 0 amide bonds. The number of methoxy groups -OCH3 is 1. The van der Waals surface area contributed by atoms with Gasteiger partial charge in [0.2, 0.25) is 0 Å². The van der Waals surface area contributed by atoms with Crippen molar-refractivity contribution in [1.82, 2.24) is 5.43 Å². The van der Waals surface area contributed by atoms with Crippen LogP contribution in [0.15, 0.2) is 24.3 Å². The van der Waals surface area contributed by atoms with Gasteiger partial charge in [0.15, 0.2) is 0 Å². The van der Waals surface area contributed by atoms with E-state index in [9.17, 15) is 0 Å². The van der Waals surface area contributed by atoms with Crippen molar-refractivity contribution < 1.29 is 9.47 Å². The number of hydrogen-bond acceptors (Lipinski definition) is 4. The molecule has 2 atom stereocenters. The quantitative estimate of drug-likeness (QED) is 0.561. The standard InChI is InChI=1S/C15H26N2O2/c1-11(2)19-15-8-6-5-7-13(15)14(17-16)10-9-12(3)18-4/h5-8,11-12,14,17H,9-10,16H2,1-4H3. The Labute approximate surface area is 116 Å². The van der Waals surface area contributed by atoms with Crippen LogP contribution in [0.1, 0.15) is 45.2 Å². The molecular weight excluding hydrogens is 240 g/mol. The van der Waals surface area contributed by atoms with E-state index in [1.807, 2.05) is 32.0 Å². The van der Waals surface area contributed by atoms with E-state index in [0.29, 0.717) is 0 Å². The molecule has 0 saturated heterocycles. The van der Waals surface area contributed by atoms with Crippen molar-refractivity contribution >= 4 is 0 Å². The Morgan fingerprint density at radius 1 is 1.16 bits per heavy atom. The average molecular weight is 266 g/mol. The maximum Gasteiger partial charge on any atom is 0.124 e. The summed E-state index contributed by atoms with van der Waals surface area (Å²) in [6, 6.07) is 8.10. The van der Waals surface area contributed by atoms with E-state index in [0.717, 1.165) is 24.2 Å². The largest absolute Gasteiger partial charge is 0.491 e. The highest BCUT2D eigenvalue weighted by atomic mass is 16.5. The number of para-hydroxylation sites is 1. The van der Waals surface area contributed by atoms with Crippen LogP contribution in [0.25, 0.3) is 0 Å². The average Bonchev–Trinajstić information content (AvgIpc) is 2.40. The lowest BCUT2D eigenvalue weighted by Gasteiger charge is -2.22. The van der Waals surface area contributed by atoms with Crippen LogP contribution < -0.4 is 16.0 Å². The smallest absolute Gasteiger partial charge is 0.124 e. The number of benzene rings is 1. The maximum atomic E-state index is 5.83. The minimum Gasteiger partial charge on any atom is -0.491 e. The summed E-state index contributed by atoms with van der Waals surface area (Å²) in [6.45, 7) is 6.10. The molecule has 0 radical (unpaired) electrons. The van der Waals surface area contributed by atoms with Crippen molar-refractivity contribution in [2.24, 2.45) is 5.84 Å². The van der Waals surface area contributed by atoms with Crippen LogP contribution in [0.3, 0.4) is 0 Å². The number of rotatable bonds is 8. The number of hydrazine groups is 1. The molecule has 0 aliphatic rings. The first-order valence-electron chi connectivity index (χ1n) is 6.83. The highest BCUT2D eigenvalue weighted by molar-refractivity contribution is 5.36. The molecule has 0 saturated carbocycles. The Morgan fingerprint density at radius 3 is 2.42 bits per heavy atom. The SMILES string of the molecule is COC(C)CCC(NN)c1ccccc1OC(C)C. The fourth-order valence-corrected chi connectivity index (χ4v) is 1.98. The first kappa shape index (κ1) is 16.0. The Hall–Kier alpha value is -1.10. The molecule has 19 heavy (non-hydrogen) atoms. The number of nitrogens with one attached hydrogen (secondary N) is 1. The van der Waals surface area contributed by atoms with Gasteiger partial charge in [0, 0.05) is 18.7 Å². The molecule has 4 nitrogen and oxygen atoms in total. The summed E-state index contributed by atoms with van der Waals surface area (Å²) in [6.07, 6.45) is 2.23. The molecule has 0 bridgehead atoms.